The van der Waals surface area contributed by atoms with Gasteiger partial charge in [-0.05, 0) is 31.9 Å². The van der Waals surface area contributed by atoms with E-state index in [2.05, 4.69) is 44.7 Å². The Kier molecular flexibility index (Phi) is 8.45. The number of carbonyl (C=O) groups excluding carboxylic acids is 1. The van der Waals surface area contributed by atoms with Crippen LogP contribution in [0, 0.1) is 6.92 Å². The number of hydrogen-bond donors (Lipinski definition) is 3. The van der Waals surface area contributed by atoms with Crippen molar-refractivity contribution in [3.8, 4) is 0 Å². The molecule has 1 aliphatic heterocycles. The summed E-state index contributed by atoms with van der Waals surface area (Å²) in [6.07, 6.45) is -0.791. The summed E-state index contributed by atoms with van der Waals surface area (Å²) in [6, 6.07) is 2.60. The van der Waals surface area contributed by atoms with E-state index in [0.717, 1.165) is 25.1 Å². The van der Waals surface area contributed by atoms with Crippen LogP contribution < -0.4 is 20.9 Å². The van der Waals surface area contributed by atoms with Crippen LogP contribution in [0.3, 0.4) is 0 Å². The summed E-state index contributed by atoms with van der Waals surface area (Å²) in [4.78, 5) is 26.2. The van der Waals surface area contributed by atoms with Gasteiger partial charge in [0.05, 0.1) is 17.8 Å². The summed E-state index contributed by atoms with van der Waals surface area (Å²) in [7, 11) is 1.80. The van der Waals surface area contributed by atoms with Crippen molar-refractivity contribution in [3.05, 3.63) is 29.6 Å². The molecule has 2 aliphatic rings. The molecule has 1 saturated carbocycles. The summed E-state index contributed by atoms with van der Waals surface area (Å²) in [5, 5.41) is 9.20. The lowest BCUT2D eigenvalue weighted by atomic mass is 9.87. The maximum absolute atomic E-state index is 12.6. The SMILES string of the molecule is C.CCC.Cc1nc(NC2CC(Nc3ccc(C(F)(F)F)cn3)C2)nc2c1NC(=O)CN2C. The van der Waals surface area contributed by atoms with Crippen molar-refractivity contribution >= 4 is 29.2 Å². The van der Waals surface area contributed by atoms with Gasteiger partial charge in [-0.1, -0.05) is 27.7 Å². The van der Waals surface area contributed by atoms with Gasteiger partial charge in [0, 0.05) is 25.3 Å². The molecule has 3 heterocycles. The summed E-state index contributed by atoms with van der Waals surface area (Å²) < 4.78 is 37.8. The fraction of sp³-hybridized carbons (Fsp3) is 0.545. The number of nitrogens with zero attached hydrogens (tertiary/aromatic N) is 4. The normalized spacial score (nSPS) is 19.1. The van der Waals surface area contributed by atoms with Gasteiger partial charge in [-0.25, -0.2) is 9.97 Å². The molecule has 0 atom stereocenters. The van der Waals surface area contributed by atoms with Crippen molar-refractivity contribution in [2.24, 2.45) is 0 Å². The Balaban J connectivity index is 0.000000914. The van der Waals surface area contributed by atoms with Gasteiger partial charge in [0.2, 0.25) is 11.9 Å². The van der Waals surface area contributed by atoms with E-state index in [0.29, 0.717) is 29.0 Å². The Bertz CT molecular complexity index is 944. The zero-order valence-electron chi connectivity index (χ0n) is 18.5. The molecule has 4 rings (SSSR count). The number of rotatable bonds is 4. The average molecular weight is 468 g/mol. The number of pyridine rings is 1. The molecular formula is C22H32F3N7O. The second kappa shape index (κ2) is 10.7. The van der Waals surface area contributed by atoms with E-state index in [1.807, 2.05) is 6.92 Å². The molecule has 2 aromatic heterocycles. The van der Waals surface area contributed by atoms with Crippen LogP contribution in [0.25, 0.3) is 0 Å². The van der Waals surface area contributed by atoms with E-state index in [-0.39, 0.29) is 32.0 Å². The molecule has 0 radical (unpaired) electrons. The highest BCUT2D eigenvalue weighted by atomic mass is 19.4. The van der Waals surface area contributed by atoms with Crippen molar-refractivity contribution in [1.29, 1.82) is 0 Å². The first-order valence-electron chi connectivity index (χ1n) is 10.6. The van der Waals surface area contributed by atoms with Gasteiger partial charge in [-0.3, -0.25) is 4.79 Å². The number of amides is 1. The molecule has 0 unspecified atom stereocenters. The van der Waals surface area contributed by atoms with Crippen LogP contribution in [0.4, 0.5) is 36.4 Å². The van der Waals surface area contributed by atoms with Crippen molar-refractivity contribution in [3.63, 3.8) is 0 Å². The van der Waals surface area contributed by atoms with Crippen molar-refractivity contribution < 1.29 is 18.0 Å². The highest BCUT2D eigenvalue weighted by Crippen LogP contribution is 2.32. The molecule has 11 heteroatoms. The van der Waals surface area contributed by atoms with E-state index in [1.165, 1.54) is 12.5 Å². The predicted octanol–water partition coefficient (Wildman–Crippen LogP) is 4.69. The van der Waals surface area contributed by atoms with Crippen LogP contribution in [-0.4, -0.2) is 46.5 Å². The smallest absolute Gasteiger partial charge is 0.367 e. The molecular weight excluding hydrogens is 435 g/mol. The van der Waals surface area contributed by atoms with Crippen LogP contribution in [0.1, 0.15) is 51.8 Å². The maximum Gasteiger partial charge on any atom is 0.417 e. The lowest BCUT2D eigenvalue weighted by molar-refractivity contribution is -0.137. The molecule has 0 bridgehead atoms. The minimum atomic E-state index is -4.39. The van der Waals surface area contributed by atoms with Gasteiger partial charge in [0.25, 0.3) is 0 Å². The Hall–Kier alpha value is -3.11. The minimum absolute atomic E-state index is 0. The number of hydrogen-bond acceptors (Lipinski definition) is 7. The number of halogens is 3. The number of alkyl halides is 3. The fourth-order valence-corrected chi connectivity index (χ4v) is 3.41. The molecule has 1 aliphatic carbocycles. The first-order chi connectivity index (χ1) is 15.1. The third kappa shape index (κ3) is 6.45. The van der Waals surface area contributed by atoms with Crippen LogP contribution in [0.2, 0.25) is 0 Å². The summed E-state index contributed by atoms with van der Waals surface area (Å²) in [5.41, 5.74) is 0.536. The van der Waals surface area contributed by atoms with Crippen LogP contribution >= 0.6 is 0 Å². The van der Waals surface area contributed by atoms with Crippen LogP contribution in [-0.2, 0) is 11.0 Å². The highest BCUT2D eigenvalue weighted by molar-refractivity contribution is 6.00. The van der Waals surface area contributed by atoms with E-state index in [1.54, 1.807) is 11.9 Å². The highest BCUT2D eigenvalue weighted by Gasteiger charge is 2.33. The Labute approximate surface area is 192 Å². The first kappa shape index (κ1) is 26.1. The molecule has 2 aromatic rings. The molecule has 1 fully saturated rings. The fourth-order valence-electron chi connectivity index (χ4n) is 3.41. The zero-order chi connectivity index (χ0) is 23.5. The third-order valence-electron chi connectivity index (χ3n) is 4.99. The Morgan fingerprint density at radius 2 is 1.79 bits per heavy atom. The van der Waals surface area contributed by atoms with Gasteiger partial charge in [0.15, 0.2) is 5.82 Å². The number of carbonyl (C=O) groups is 1. The average Bonchev–Trinajstić information content (AvgIpc) is 2.67. The minimum Gasteiger partial charge on any atom is -0.367 e. The lowest BCUT2D eigenvalue weighted by Crippen LogP contribution is -2.44. The van der Waals surface area contributed by atoms with Crippen molar-refractivity contribution in [1.82, 2.24) is 15.0 Å². The second-order valence-corrected chi connectivity index (χ2v) is 8.03. The number of anilines is 4. The van der Waals surface area contributed by atoms with Gasteiger partial charge < -0.3 is 20.9 Å². The number of nitrogens with one attached hydrogen (secondary N) is 3. The molecule has 0 saturated heterocycles. The van der Waals surface area contributed by atoms with Gasteiger partial charge in [0.1, 0.15) is 11.5 Å². The number of aromatic nitrogens is 3. The number of likely N-dealkylation sites (N-methyl/N-ethyl adjacent to an activating group) is 1. The Morgan fingerprint density at radius 3 is 2.36 bits per heavy atom. The second-order valence-electron chi connectivity index (χ2n) is 8.03. The third-order valence-corrected chi connectivity index (χ3v) is 4.99. The monoisotopic (exact) mass is 467 g/mol. The molecule has 3 N–H and O–H groups in total. The molecule has 1 amide bonds. The first-order valence-corrected chi connectivity index (χ1v) is 10.6. The van der Waals surface area contributed by atoms with E-state index >= 15 is 0 Å². The number of fused-ring (bicyclic) bond motifs is 1. The van der Waals surface area contributed by atoms with E-state index in [4.69, 9.17) is 0 Å². The molecule has 0 aromatic carbocycles. The van der Waals surface area contributed by atoms with Gasteiger partial charge in [-0.15, -0.1) is 0 Å². The summed E-state index contributed by atoms with van der Waals surface area (Å²) in [5.74, 6) is 1.47. The number of aryl methyl sites for hydroxylation is 1. The molecule has 33 heavy (non-hydrogen) atoms. The van der Waals surface area contributed by atoms with E-state index in [9.17, 15) is 18.0 Å². The topological polar surface area (TPSA) is 95.1 Å². The van der Waals surface area contributed by atoms with Crippen LogP contribution in [0.15, 0.2) is 18.3 Å². The Morgan fingerprint density at radius 1 is 1.15 bits per heavy atom. The summed E-state index contributed by atoms with van der Waals surface area (Å²) in [6.45, 7) is 6.30. The zero-order valence-corrected chi connectivity index (χ0v) is 18.5. The van der Waals surface area contributed by atoms with Crippen molar-refractivity contribution in [2.45, 2.75) is 65.7 Å². The summed E-state index contributed by atoms with van der Waals surface area (Å²) >= 11 is 0. The predicted molar refractivity (Wildman–Crippen MR) is 125 cm³/mol. The van der Waals surface area contributed by atoms with E-state index < -0.39 is 11.7 Å². The molecule has 182 valence electrons. The quantitative estimate of drug-likeness (QED) is 0.600. The largest absolute Gasteiger partial charge is 0.417 e. The molecule has 0 spiro atoms. The maximum atomic E-state index is 12.6. The van der Waals surface area contributed by atoms with Crippen LogP contribution in [0.5, 0.6) is 0 Å². The lowest BCUT2D eigenvalue weighted by Gasteiger charge is -2.37. The van der Waals surface area contributed by atoms with Crippen molar-refractivity contribution in [2.75, 3.05) is 34.4 Å². The van der Waals surface area contributed by atoms with Gasteiger partial charge in [-0.2, -0.15) is 18.2 Å². The molecule has 8 nitrogen and oxygen atoms in total. The standard InChI is InChI=1S/C18H20F3N7O.C3H8.CH4/c1-9-15-16(28(2)8-14(29)26-15)27-17(23-9)25-12-5-11(6-12)24-13-4-3-10(7-22-13)18(19,20)21;1-3-2;/h3-4,7,11-12H,5-6,8H2,1-2H3,(H,22,24)(H,26,29)(H,23,25,27);3H2,1-2H3;1H4. The van der Waals surface area contributed by atoms with Gasteiger partial charge >= 0.3 is 6.18 Å².